The largest absolute Gasteiger partial charge is 0.464 e. The second kappa shape index (κ2) is 11.1. The van der Waals surface area contributed by atoms with Gasteiger partial charge in [-0.15, -0.1) is 11.3 Å². The summed E-state index contributed by atoms with van der Waals surface area (Å²) < 4.78 is 6.82. The molecule has 7 heteroatoms. The summed E-state index contributed by atoms with van der Waals surface area (Å²) in [5, 5.41) is 3.38. The predicted molar refractivity (Wildman–Crippen MR) is 88.1 cm³/mol. The van der Waals surface area contributed by atoms with Crippen molar-refractivity contribution < 1.29 is 9.53 Å². The van der Waals surface area contributed by atoms with Crippen LogP contribution in [0.4, 0.5) is 0 Å². The lowest BCUT2D eigenvalue weighted by molar-refractivity contribution is 0.0593. The third-order valence-corrected chi connectivity index (χ3v) is 3.74. The molecule has 0 spiro atoms. The fraction of sp³-hybridized carbons (Fsp3) is 0.692. The number of carbonyl (C=O) groups excluding carboxylic acids is 1. The van der Waals surface area contributed by atoms with E-state index in [1.807, 2.05) is 27.7 Å². The smallest absolute Gasteiger partial charge is 0.357 e. The molecule has 5 nitrogen and oxygen atoms in total. The van der Waals surface area contributed by atoms with Gasteiger partial charge in [-0.25, -0.2) is 9.78 Å². The van der Waals surface area contributed by atoms with E-state index in [1.165, 1.54) is 18.4 Å². The van der Waals surface area contributed by atoms with Crippen molar-refractivity contribution >= 4 is 26.7 Å². The number of thiazole rings is 1. The van der Waals surface area contributed by atoms with E-state index in [4.69, 9.17) is 0 Å². The van der Waals surface area contributed by atoms with Crippen LogP contribution in [0.25, 0.3) is 0 Å². The quantitative estimate of drug-likeness (QED) is 0.683. The summed E-state index contributed by atoms with van der Waals surface area (Å²) in [4.78, 5) is 16.3. The highest BCUT2D eigenvalue weighted by Crippen LogP contribution is 2.17. The first-order valence-electron chi connectivity index (χ1n) is 6.94. The van der Waals surface area contributed by atoms with E-state index in [2.05, 4.69) is 29.1 Å². The Morgan fingerprint density at radius 3 is 2.60 bits per heavy atom. The highest BCUT2D eigenvalue weighted by molar-refractivity contribution is 7.13. The minimum atomic E-state index is -0.362. The molecule has 2 rings (SSSR count). The molecule has 1 fully saturated rings. The van der Waals surface area contributed by atoms with Crippen LogP contribution in [0.1, 0.15) is 43.1 Å². The Kier molecular flexibility index (Phi) is 10.8. The summed E-state index contributed by atoms with van der Waals surface area (Å²) in [6.45, 7) is 10.7. The van der Waals surface area contributed by atoms with Crippen molar-refractivity contribution in [3.63, 3.8) is 0 Å². The molecule has 0 saturated carbocycles. The Labute approximate surface area is 128 Å². The second-order valence-electron chi connectivity index (χ2n) is 3.65. The van der Waals surface area contributed by atoms with Gasteiger partial charge in [0.1, 0.15) is 0 Å². The van der Waals surface area contributed by atoms with Crippen LogP contribution in [-0.4, -0.2) is 41.9 Å². The van der Waals surface area contributed by atoms with Gasteiger partial charge in [-0.3, -0.25) is 4.67 Å². The molecule has 1 atom stereocenters. The monoisotopic (exact) mass is 319 g/mol. The molecule has 1 aromatic heterocycles. The number of nitrogens with one attached hydrogen (secondary N) is 1. The zero-order valence-electron chi connectivity index (χ0n) is 13.0. The normalized spacial score (nSPS) is 14.3. The van der Waals surface area contributed by atoms with Crippen LogP contribution in [0.5, 0.6) is 0 Å². The van der Waals surface area contributed by atoms with E-state index >= 15 is 0 Å². The topological polar surface area (TPSA) is 54.5 Å². The number of nitrogens with zero attached hydrogens (tertiary/aromatic N) is 2. The van der Waals surface area contributed by atoms with Gasteiger partial charge >= 0.3 is 5.97 Å². The summed E-state index contributed by atoms with van der Waals surface area (Å²) in [6, 6.07) is 0.505. The zero-order valence-corrected chi connectivity index (χ0v) is 14.9. The molecule has 0 aromatic carbocycles. The molecule has 0 radical (unpaired) electrons. The first kappa shape index (κ1) is 19.4. The van der Waals surface area contributed by atoms with Crippen LogP contribution in [0.15, 0.2) is 5.51 Å². The first-order valence-corrected chi connectivity index (χ1v) is 8.34. The van der Waals surface area contributed by atoms with Gasteiger partial charge < -0.3 is 10.1 Å². The molecule has 1 aliphatic heterocycles. The highest BCUT2D eigenvalue weighted by atomic mass is 32.1. The second-order valence-corrected chi connectivity index (χ2v) is 5.32. The fourth-order valence-electron chi connectivity index (χ4n) is 1.54. The number of hydrogen-bond acceptors (Lipinski definition) is 6. The Balaban J connectivity index is 0.000000829. The average Bonchev–Trinajstić information content (AvgIpc) is 2.94. The van der Waals surface area contributed by atoms with Crippen molar-refractivity contribution in [2.75, 3.05) is 20.2 Å². The number of ether oxygens (including phenoxy) is 1. The van der Waals surface area contributed by atoms with Gasteiger partial charge in [-0.1, -0.05) is 37.1 Å². The summed E-state index contributed by atoms with van der Waals surface area (Å²) in [5.74, 6) is -0.362. The Hall–Kier alpha value is -0.550. The van der Waals surface area contributed by atoms with Crippen LogP contribution in [-0.2, 0) is 11.3 Å². The van der Waals surface area contributed by atoms with Crippen molar-refractivity contribution in [3.8, 4) is 0 Å². The highest BCUT2D eigenvalue weighted by Gasteiger charge is 2.23. The van der Waals surface area contributed by atoms with Crippen molar-refractivity contribution in [2.45, 2.75) is 40.3 Å². The summed E-state index contributed by atoms with van der Waals surface area (Å²) in [6.07, 6.45) is 0. The van der Waals surface area contributed by atoms with Crippen molar-refractivity contribution in [3.05, 3.63) is 16.1 Å². The number of aromatic nitrogens is 1. The van der Waals surface area contributed by atoms with Crippen LogP contribution in [0.3, 0.4) is 0 Å². The van der Waals surface area contributed by atoms with E-state index in [-0.39, 0.29) is 5.97 Å². The molecule has 1 aromatic rings. The van der Waals surface area contributed by atoms with Crippen LogP contribution >= 0.6 is 20.7 Å². The molecule has 20 heavy (non-hydrogen) atoms. The molecule has 116 valence electrons. The maximum atomic E-state index is 11.4. The van der Waals surface area contributed by atoms with Gasteiger partial charge in [0, 0.05) is 25.7 Å². The standard InChI is InChI=1S/C9H14N3O2PS.2C2H6/c1-14-9(13)8-7(16-5-11-8)2-10-6-3-12(15)4-6;2*1-2/h5-6,10H,2-4,15H2,1H3;2*1-2H3. The van der Waals surface area contributed by atoms with Crippen LogP contribution in [0, 0.1) is 0 Å². The average molecular weight is 319 g/mol. The maximum Gasteiger partial charge on any atom is 0.357 e. The molecule has 0 bridgehead atoms. The van der Waals surface area contributed by atoms with E-state index < -0.39 is 0 Å². The van der Waals surface area contributed by atoms with Gasteiger partial charge in [0.05, 0.1) is 17.5 Å². The van der Waals surface area contributed by atoms with Gasteiger partial charge in [-0.2, -0.15) is 0 Å². The van der Waals surface area contributed by atoms with Gasteiger partial charge in [0.2, 0.25) is 0 Å². The van der Waals surface area contributed by atoms with E-state index in [0.717, 1.165) is 18.0 Å². The van der Waals surface area contributed by atoms with E-state index in [9.17, 15) is 4.79 Å². The predicted octanol–water partition coefficient (Wildman–Crippen LogP) is 2.55. The number of hydrogen-bond donors (Lipinski definition) is 1. The molecule has 1 N–H and O–H groups in total. The summed E-state index contributed by atoms with van der Waals surface area (Å²) in [7, 11) is 4.03. The lowest BCUT2D eigenvalue weighted by atomic mass is 10.2. The Morgan fingerprint density at radius 1 is 1.50 bits per heavy atom. The van der Waals surface area contributed by atoms with Crippen LogP contribution < -0.4 is 5.32 Å². The van der Waals surface area contributed by atoms with Crippen molar-refractivity contribution in [1.29, 1.82) is 0 Å². The van der Waals surface area contributed by atoms with Gasteiger partial charge in [0.25, 0.3) is 0 Å². The fourth-order valence-corrected chi connectivity index (χ4v) is 2.75. The van der Waals surface area contributed by atoms with Crippen molar-refractivity contribution in [1.82, 2.24) is 15.0 Å². The summed E-state index contributed by atoms with van der Waals surface area (Å²) >= 11 is 1.48. The molecule has 1 aliphatic rings. The molecule has 2 heterocycles. The molecule has 0 aliphatic carbocycles. The first-order chi connectivity index (χ1) is 9.70. The molecular weight excluding hydrogens is 293 g/mol. The van der Waals surface area contributed by atoms with E-state index in [1.54, 1.807) is 5.51 Å². The molecule has 1 saturated heterocycles. The van der Waals surface area contributed by atoms with Gasteiger partial charge in [0.15, 0.2) is 5.69 Å². The van der Waals surface area contributed by atoms with Gasteiger partial charge in [-0.05, 0) is 0 Å². The number of rotatable bonds is 4. The number of esters is 1. The van der Waals surface area contributed by atoms with E-state index in [0.29, 0.717) is 18.3 Å². The SMILES string of the molecule is CC.CC.COC(=O)c1ncsc1CNC1CN(P)C1. The molecule has 1 unspecified atom stereocenters. The third kappa shape index (κ3) is 5.83. The van der Waals surface area contributed by atoms with Crippen LogP contribution in [0.2, 0.25) is 0 Å². The molecular formula is C13H26N3O2PS. The third-order valence-electron chi connectivity index (χ3n) is 2.48. The maximum absolute atomic E-state index is 11.4. The minimum absolute atomic E-state index is 0.362. The Morgan fingerprint density at radius 2 is 2.10 bits per heavy atom. The number of carbonyl (C=O) groups is 1. The van der Waals surface area contributed by atoms with Crippen molar-refractivity contribution in [2.24, 2.45) is 0 Å². The lowest BCUT2D eigenvalue weighted by Gasteiger charge is -2.36. The molecule has 0 amide bonds. The summed E-state index contributed by atoms with van der Waals surface area (Å²) in [5.41, 5.74) is 2.11. The Bertz CT molecular complexity index is 381. The zero-order chi connectivity index (χ0) is 15.5. The lowest BCUT2D eigenvalue weighted by Crippen LogP contribution is -2.53. The number of methoxy groups -OCH3 is 1. The minimum Gasteiger partial charge on any atom is -0.464 e.